The lowest BCUT2D eigenvalue weighted by Gasteiger charge is -2.27. The highest BCUT2D eigenvalue weighted by molar-refractivity contribution is 5.28. The van der Waals surface area contributed by atoms with Crippen molar-refractivity contribution in [2.24, 2.45) is 17.8 Å². The molecule has 0 amide bonds. The summed E-state index contributed by atoms with van der Waals surface area (Å²) in [5, 5.41) is 0. The first-order valence-corrected chi connectivity index (χ1v) is 9.98. The lowest BCUT2D eigenvalue weighted by molar-refractivity contribution is -0.145. The van der Waals surface area contributed by atoms with Crippen molar-refractivity contribution in [3.8, 4) is 0 Å². The molecule has 2 atom stereocenters. The average Bonchev–Trinajstić information content (AvgIpc) is 2.70. The summed E-state index contributed by atoms with van der Waals surface area (Å²) in [6.07, 6.45) is 6.74. The van der Waals surface area contributed by atoms with Crippen molar-refractivity contribution in [3.63, 3.8) is 0 Å². The lowest BCUT2D eigenvalue weighted by Crippen LogP contribution is -2.24. The quantitative estimate of drug-likeness (QED) is 0.176. The highest BCUT2D eigenvalue weighted by Crippen LogP contribution is 2.30. The third-order valence-electron chi connectivity index (χ3n) is 5.44. The number of methoxy groups -OCH3 is 1. The Morgan fingerprint density at radius 3 is 2.26 bits per heavy atom. The van der Waals surface area contributed by atoms with E-state index in [9.17, 15) is 8.78 Å². The monoisotopic (exact) mass is 386 g/mol. The van der Waals surface area contributed by atoms with Crippen molar-refractivity contribution in [3.05, 3.63) is 35.6 Å². The van der Waals surface area contributed by atoms with Gasteiger partial charge in [-0.15, -0.1) is 6.58 Å². The van der Waals surface area contributed by atoms with Gasteiger partial charge < -0.3 is 14.2 Å². The molecule has 156 valence electrons. The van der Waals surface area contributed by atoms with Gasteiger partial charge in [-0.1, -0.05) is 19.9 Å². The molecule has 0 aromatic rings. The molecule has 0 saturated heterocycles. The molecule has 0 N–H and O–H groups in total. The maximum atomic E-state index is 14.4. The van der Waals surface area contributed by atoms with Gasteiger partial charge in [0.1, 0.15) is 5.76 Å². The Kier molecular flexibility index (Phi) is 10.9. The van der Waals surface area contributed by atoms with Crippen LogP contribution in [-0.4, -0.2) is 26.6 Å². The van der Waals surface area contributed by atoms with Crippen molar-refractivity contribution >= 4 is 0 Å². The number of ether oxygens (including phenoxy) is 3. The molecule has 0 spiro atoms. The van der Waals surface area contributed by atoms with Gasteiger partial charge >= 0.3 is 0 Å². The number of halogens is 2. The summed E-state index contributed by atoms with van der Waals surface area (Å²) in [6.45, 7) is 11.7. The lowest BCUT2D eigenvalue weighted by atomic mass is 9.82. The summed E-state index contributed by atoms with van der Waals surface area (Å²) < 4.78 is 44.7. The molecule has 27 heavy (non-hydrogen) atoms. The third-order valence-corrected chi connectivity index (χ3v) is 5.44. The predicted octanol–water partition coefficient (Wildman–Crippen LogP) is 6.48. The van der Waals surface area contributed by atoms with Gasteiger partial charge in [-0.25, -0.2) is 8.78 Å². The van der Waals surface area contributed by atoms with E-state index >= 15 is 0 Å². The highest BCUT2D eigenvalue weighted by Gasteiger charge is 2.22. The van der Waals surface area contributed by atoms with E-state index in [0.717, 1.165) is 12.8 Å². The van der Waals surface area contributed by atoms with E-state index in [4.69, 9.17) is 14.2 Å². The van der Waals surface area contributed by atoms with E-state index in [1.165, 1.54) is 26.9 Å². The van der Waals surface area contributed by atoms with E-state index in [2.05, 4.69) is 6.58 Å². The Morgan fingerprint density at radius 1 is 1.11 bits per heavy atom. The average molecular weight is 387 g/mol. The van der Waals surface area contributed by atoms with Gasteiger partial charge in [0.25, 0.3) is 0 Å². The molecule has 1 aliphatic rings. The molecular formula is C22H36F2O3. The van der Waals surface area contributed by atoms with Crippen molar-refractivity contribution < 1.29 is 23.0 Å². The van der Waals surface area contributed by atoms with Gasteiger partial charge in [0, 0.05) is 5.92 Å². The summed E-state index contributed by atoms with van der Waals surface area (Å²) in [5.74, 6) is -0.902. The van der Waals surface area contributed by atoms with Crippen LogP contribution in [0.25, 0.3) is 0 Å². The van der Waals surface area contributed by atoms with Crippen LogP contribution in [-0.2, 0) is 14.2 Å². The van der Waals surface area contributed by atoms with E-state index in [1.807, 2.05) is 19.9 Å². The third kappa shape index (κ3) is 7.74. The molecule has 0 radical (unpaired) electrons. The number of allylic oxidation sites excluding steroid dienone is 4. The summed E-state index contributed by atoms with van der Waals surface area (Å²) in [6, 6.07) is 0. The summed E-state index contributed by atoms with van der Waals surface area (Å²) in [7, 11) is 1.32. The summed E-state index contributed by atoms with van der Waals surface area (Å²) in [4.78, 5) is 0. The Hall–Kier alpha value is -1.20. The summed E-state index contributed by atoms with van der Waals surface area (Å²) in [5.41, 5.74) is 0.388. The van der Waals surface area contributed by atoms with E-state index in [-0.39, 0.29) is 24.6 Å². The second kappa shape index (κ2) is 12.3. The summed E-state index contributed by atoms with van der Waals surface area (Å²) >= 11 is 0. The zero-order valence-corrected chi connectivity index (χ0v) is 17.5. The second-order valence-corrected chi connectivity index (χ2v) is 7.42. The van der Waals surface area contributed by atoms with Gasteiger partial charge in [-0.3, -0.25) is 0 Å². The van der Waals surface area contributed by atoms with Crippen LogP contribution in [0.1, 0.15) is 59.8 Å². The van der Waals surface area contributed by atoms with Gasteiger partial charge in [0.15, 0.2) is 17.9 Å². The molecule has 2 unspecified atom stereocenters. The Bertz CT molecular complexity index is 520. The first-order valence-electron chi connectivity index (χ1n) is 9.98. The molecule has 1 fully saturated rings. The normalized spacial score (nSPS) is 24.6. The fourth-order valence-corrected chi connectivity index (χ4v) is 3.40. The van der Waals surface area contributed by atoms with Crippen LogP contribution in [0.15, 0.2) is 35.6 Å². The van der Waals surface area contributed by atoms with Crippen LogP contribution < -0.4 is 0 Å². The molecule has 1 aliphatic carbocycles. The molecule has 0 aromatic carbocycles. The number of hydrogen-bond donors (Lipinski definition) is 0. The largest absolute Gasteiger partial charge is 0.498 e. The van der Waals surface area contributed by atoms with E-state index in [0.29, 0.717) is 30.4 Å². The van der Waals surface area contributed by atoms with Crippen molar-refractivity contribution in [2.75, 3.05) is 20.3 Å². The molecule has 1 saturated carbocycles. The molecule has 0 bridgehead atoms. The van der Waals surface area contributed by atoms with Gasteiger partial charge in [-0.2, -0.15) is 0 Å². The zero-order valence-electron chi connectivity index (χ0n) is 17.5. The van der Waals surface area contributed by atoms with Crippen LogP contribution in [0.2, 0.25) is 0 Å². The molecule has 0 heterocycles. The minimum atomic E-state index is -0.944. The molecular weight excluding hydrogens is 350 g/mol. The smallest absolute Gasteiger partial charge is 0.195 e. The predicted molar refractivity (Wildman–Crippen MR) is 105 cm³/mol. The first-order chi connectivity index (χ1) is 12.8. The standard InChI is InChI=1S/C22H36F2O3/c1-7-18-9-11-19(12-10-18)14-27-17(5)26-13-15(3)20(8-2)22(24)21(23)16(4)25-6/h7,15,17-19H,1,8-14H2,2-6H3/b21-16-,22-20-. The van der Waals surface area contributed by atoms with Crippen molar-refractivity contribution in [1.29, 1.82) is 0 Å². The SMILES string of the molecule is C=CC1CCC(COC(C)OCC(C)/C(CC)=C(F)/C(F)=C(\C)OC)CC1. The second-order valence-electron chi connectivity index (χ2n) is 7.42. The number of rotatable bonds is 11. The van der Waals surface area contributed by atoms with Gasteiger partial charge in [-0.05, 0) is 63.4 Å². The highest BCUT2D eigenvalue weighted by atomic mass is 19.2. The fourth-order valence-electron chi connectivity index (χ4n) is 3.40. The maximum Gasteiger partial charge on any atom is 0.195 e. The van der Waals surface area contributed by atoms with Crippen LogP contribution in [0, 0.1) is 17.8 Å². The zero-order chi connectivity index (χ0) is 20.4. The molecule has 1 rings (SSSR count). The minimum absolute atomic E-state index is 0.0607. The van der Waals surface area contributed by atoms with Crippen LogP contribution in [0.4, 0.5) is 8.78 Å². The van der Waals surface area contributed by atoms with E-state index < -0.39 is 11.7 Å². The number of hydrogen-bond acceptors (Lipinski definition) is 3. The minimum Gasteiger partial charge on any atom is -0.498 e. The van der Waals surface area contributed by atoms with Gasteiger partial charge in [0.05, 0.1) is 20.3 Å². The topological polar surface area (TPSA) is 27.7 Å². The van der Waals surface area contributed by atoms with Crippen molar-refractivity contribution in [2.45, 2.75) is 66.1 Å². The van der Waals surface area contributed by atoms with Crippen LogP contribution in [0.5, 0.6) is 0 Å². The maximum absolute atomic E-state index is 14.4. The molecule has 0 aliphatic heterocycles. The van der Waals surface area contributed by atoms with Crippen LogP contribution >= 0.6 is 0 Å². The molecule has 3 nitrogen and oxygen atoms in total. The van der Waals surface area contributed by atoms with E-state index in [1.54, 1.807) is 6.92 Å². The Labute approximate surface area is 163 Å². The Balaban J connectivity index is 2.47. The van der Waals surface area contributed by atoms with Gasteiger partial charge in [0.2, 0.25) is 0 Å². The van der Waals surface area contributed by atoms with Crippen LogP contribution in [0.3, 0.4) is 0 Å². The van der Waals surface area contributed by atoms with Crippen molar-refractivity contribution in [1.82, 2.24) is 0 Å². The molecule has 5 heteroatoms. The first kappa shape index (κ1) is 23.8. The molecule has 0 aromatic heterocycles. The Morgan fingerprint density at radius 2 is 1.74 bits per heavy atom. The fraction of sp³-hybridized carbons (Fsp3) is 0.727.